The van der Waals surface area contributed by atoms with Gasteiger partial charge in [0.05, 0.1) is 6.04 Å². The zero-order chi connectivity index (χ0) is 19.5. The molecule has 0 saturated carbocycles. The minimum absolute atomic E-state index is 0.100. The number of fused-ring (bicyclic) bond motifs is 2. The minimum atomic E-state index is -0.157. The van der Waals surface area contributed by atoms with E-state index in [0.717, 1.165) is 22.2 Å². The Kier molecular flexibility index (Phi) is 4.93. The molecule has 2 heterocycles. The first kappa shape index (κ1) is 18.0. The normalized spacial score (nSPS) is 15.8. The molecule has 0 fully saturated rings. The number of amides is 2. The first-order valence-electron chi connectivity index (χ1n) is 9.24. The average Bonchev–Trinajstić information content (AvgIpc) is 2.71. The summed E-state index contributed by atoms with van der Waals surface area (Å²) in [6.45, 7) is 1.81. The van der Waals surface area contributed by atoms with Gasteiger partial charge in [0, 0.05) is 30.7 Å². The van der Waals surface area contributed by atoms with E-state index in [9.17, 15) is 9.59 Å². The lowest BCUT2D eigenvalue weighted by Crippen LogP contribution is -2.50. The van der Waals surface area contributed by atoms with E-state index in [-0.39, 0.29) is 24.5 Å². The van der Waals surface area contributed by atoms with Gasteiger partial charge in [0.2, 0.25) is 5.91 Å². The molecule has 4 rings (SSSR count). The topological polar surface area (TPSA) is 71.5 Å². The fourth-order valence-corrected chi connectivity index (χ4v) is 3.63. The van der Waals surface area contributed by atoms with Gasteiger partial charge in [-0.3, -0.25) is 14.6 Å². The van der Waals surface area contributed by atoms with E-state index in [2.05, 4.69) is 10.3 Å². The Morgan fingerprint density at radius 3 is 2.82 bits per heavy atom. The summed E-state index contributed by atoms with van der Waals surface area (Å²) in [6, 6.07) is 17.1. The van der Waals surface area contributed by atoms with Crippen LogP contribution in [-0.4, -0.2) is 36.0 Å². The van der Waals surface area contributed by atoms with Crippen LogP contribution in [0.4, 0.5) is 5.69 Å². The monoisotopic (exact) mass is 375 g/mol. The Bertz CT molecular complexity index is 1030. The van der Waals surface area contributed by atoms with Crippen molar-refractivity contribution in [3.63, 3.8) is 0 Å². The molecule has 1 unspecified atom stereocenters. The lowest BCUT2D eigenvalue weighted by molar-refractivity contribution is -0.122. The summed E-state index contributed by atoms with van der Waals surface area (Å²) in [5.41, 5.74) is 2.63. The maximum atomic E-state index is 13.0. The van der Waals surface area contributed by atoms with E-state index in [4.69, 9.17) is 4.74 Å². The van der Waals surface area contributed by atoms with E-state index < -0.39 is 0 Å². The van der Waals surface area contributed by atoms with Crippen molar-refractivity contribution >= 4 is 28.4 Å². The van der Waals surface area contributed by atoms with Crippen LogP contribution in [-0.2, 0) is 16.0 Å². The van der Waals surface area contributed by atoms with Gasteiger partial charge in [-0.1, -0.05) is 36.4 Å². The predicted octanol–water partition coefficient (Wildman–Crippen LogP) is 2.71. The number of nitrogens with zero attached hydrogens (tertiary/aromatic N) is 2. The van der Waals surface area contributed by atoms with Crippen molar-refractivity contribution in [2.45, 2.75) is 19.4 Å². The van der Waals surface area contributed by atoms with Crippen molar-refractivity contribution in [1.82, 2.24) is 10.3 Å². The van der Waals surface area contributed by atoms with Crippen LogP contribution in [0.3, 0.4) is 0 Å². The Morgan fingerprint density at radius 1 is 1.14 bits per heavy atom. The second kappa shape index (κ2) is 7.68. The Balaban J connectivity index is 1.54. The molecule has 0 saturated heterocycles. The molecule has 6 nitrogen and oxygen atoms in total. The standard InChI is InChI=1S/C22H21N3O3/c1-15(26)24-18-12-17-6-2-3-9-19(17)25(13-18)21(27)14-28-20-10-4-7-16-8-5-11-23-22(16)20/h2-11,18H,12-14H2,1H3,(H,24,26). The SMILES string of the molecule is CC(=O)NC1Cc2ccccc2N(C(=O)COc2cccc3cccnc23)C1. The number of ether oxygens (including phenoxy) is 1. The van der Waals surface area contributed by atoms with Gasteiger partial charge in [-0.25, -0.2) is 0 Å². The second-order valence-corrected chi connectivity index (χ2v) is 6.85. The lowest BCUT2D eigenvalue weighted by atomic mass is 9.97. The summed E-state index contributed by atoms with van der Waals surface area (Å²) < 4.78 is 5.82. The number of anilines is 1. The third-order valence-corrected chi connectivity index (χ3v) is 4.81. The molecular formula is C22H21N3O3. The van der Waals surface area contributed by atoms with E-state index in [0.29, 0.717) is 18.7 Å². The molecule has 2 aromatic carbocycles. The molecule has 3 aromatic rings. The number of rotatable bonds is 4. The van der Waals surface area contributed by atoms with Crippen LogP contribution in [0.2, 0.25) is 0 Å². The summed E-state index contributed by atoms with van der Waals surface area (Å²) in [7, 11) is 0. The largest absolute Gasteiger partial charge is 0.481 e. The average molecular weight is 375 g/mol. The first-order valence-corrected chi connectivity index (χ1v) is 9.24. The Morgan fingerprint density at radius 2 is 1.96 bits per heavy atom. The van der Waals surface area contributed by atoms with Crippen molar-refractivity contribution in [2.24, 2.45) is 0 Å². The van der Waals surface area contributed by atoms with Crippen LogP contribution in [0.5, 0.6) is 5.75 Å². The molecule has 2 amide bonds. The molecular weight excluding hydrogens is 354 g/mol. The van der Waals surface area contributed by atoms with Crippen LogP contribution >= 0.6 is 0 Å². The van der Waals surface area contributed by atoms with Gasteiger partial charge in [0.1, 0.15) is 11.3 Å². The maximum absolute atomic E-state index is 13.0. The molecule has 1 N–H and O–H groups in total. The van der Waals surface area contributed by atoms with Gasteiger partial charge in [-0.05, 0) is 30.2 Å². The summed E-state index contributed by atoms with van der Waals surface area (Å²) in [4.78, 5) is 30.5. The van der Waals surface area contributed by atoms with Crippen molar-refractivity contribution in [3.8, 4) is 5.75 Å². The van der Waals surface area contributed by atoms with Gasteiger partial charge in [-0.15, -0.1) is 0 Å². The molecule has 1 atom stereocenters. The molecule has 1 aliphatic rings. The van der Waals surface area contributed by atoms with Crippen LogP contribution in [0.1, 0.15) is 12.5 Å². The summed E-state index contributed by atoms with van der Waals surface area (Å²) in [6.07, 6.45) is 2.41. The fraction of sp³-hybridized carbons (Fsp3) is 0.227. The summed E-state index contributed by atoms with van der Waals surface area (Å²) in [5.74, 6) is 0.320. The lowest BCUT2D eigenvalue weighted by Gasteiger charge is -2.34. The number of pyridine rings is 1. The van der Waals surface area contributed by atoms with Crippen LogP contribution in [0, 0.1) is 0 Å². The van der Waals surface area contributed by atoms with E-state index >= 15 is 0 Å². The van der Waals surface area contributed by atoms with Crippen LogP contribution in [0.15, 0.2) is 60.8 Å². The smallest absolute Gasteiger partial charge is 0.264 e. The molecule has 0 spiro atoms. The third-order valence-electron chi connectivity index (χ3n) is 4.81. The maximum Gasteiger partial charge on any atom is 0.264 e. The van der Waals surface area contributed by atoms with Crippen molar-refractivity contribution in [1.29, 1.82) is 0 Å². The fourth-order valence-electron chi connectivity index (χ4n) is 3.63. The zero-order valence-electron chi connectivity index (χ0n) is 15.6. The molecule has 1 aliphatic heterocycles. The highest BCUT2D eigenvalue weighted by Gasteiger charge is 2.29. The van der Waals surface area contributed by atoms with Crippen LogP contribution < -0.4 is 15.0 Å². The number of carbonyl (C=O) groups is 2. The van der Waals surface area contributed by atoms with Crippen molar-refractivity contribution in [3.05, 3.63) is 66.4 Å². The summed E-state index contributed by atoms with van der Waals surface area (Å²) in [5, 5.41) is 3.88. The Labute approximate surface area is 163 Å². The highest BCUT2D eigenvalue weighted by molar-refractivity contribution is 5.96. The highest BCUT2D eigenvalue weighted by Crippen LogP contribution is 2.28. The molecule has 1 aromatic heterocycles. The minimum Gasteiger partial charge on any atom is -0.481 e. The van der Waals surface area contributed by atoms with Crippen LogP contribution in [0.25, 0.3) is 10.9 Å². The molecule has 6 heteroatoms. The third kappa shape index (κ3) is 3.67. The van der Waals surface area contributed by atoms with Gasteiger partial charge < -0.3 is 15.0 Å². The number of benzene rings is 2. The molecule has 28 heavy (non-hydrogen) atoms. The second-order valence-electron chi connectivity index (χ2n) is 6.85. The van der Waals surface area contributed by atoms with Gasteiger partial charge in [0.25, 0.3) is 5.91 Å². The molecule has 0 bridgehead atoms. The predicted molar refractivity (Wildman–Crippen MR) is 107 cm³/mol. The van der Waals surface area contributed by atoms with Gasteiger partial charge in [-0.2, -0.15) is 0 Å². The van der Waals surface area contributed by atoms with Gasteiger partial charge >= 0.3 is 0 Å². The number of hydrogen-bond donors (Lipinski definition) is 1. The zero-order valence-corrected chi connectivity index (χ0v) is 15.6. The Hall–Kier alpha value is -3.41. The quantitative estimate of drug-likeness (QED) is 0.761. The number of carbonyl (C=O) groups excluding carboxylic acids is 2. The molecule has 0 aliphatic carbocycles. The van der Waals surface area contributed by atoms with E-state index in [1.807, 2.05) is 54.6 Å². The van der Waals surface area contributed by atoms with Gasteiger partial charge in [0.15, 0.2) is 6.61 Å². The first-order chi connectivity index (χ1) is 13.6. The van der Waals surface area contributed by atoms with E-state index in [1.54, 1.807) is 11.1 Å². The molecule has 142 valence electrons. The van der Waals surface area contributed by atoms with Crippen molar-refractivity contribution in [2.75, 3.05) is 18.1 Å². The summed E-state index contributed by atoms with van der Waals surface area (Å²) >= 11 is 0. The number of aromatic nitrogens is 1. The number of nitrogens with one attached hydrogen (secondary N) is 1. The highest BCUT2D eigenvalue weighted by atomic mass is 16.5. The van der Waals surface area contributed by atoms with E-state index in [1.165, 1.54) is 6.92 Å². The number of para-hydroxylation sites is 2. The molecule has 0 radical (unpaired) electrons. The number of hydrogen-bond acceptors (Lipinski definition) is 4. The van der Waals surface area contributed by atoms with Crippen molar-refractivity contribution < 1.29 is 14.3 Å².